The number of rotatable bonds is 6. The van der Waals surface area contributed by atoms with Gasteiger partial charge in [-0.15, -0.1) is 114 Å². The van der Waals surface area contributed by atoms with Crippen LogP contribution in [0, 0.1) is 58.9 Å². The van der Waals surface area contributed by atoms with E-state index in [1.165, 1.54) is 11.1 Å². The molecule has 7 aromatic carbocycles. The molecule has 14 rings (SSSR count). The van der Waals surface area contributed by atoms with E-state index >= 15 is 0 Å². The van der Waals surface area contributed by atoms with E-state index in [1.807, 2.05) is 74.8 Å². The number of hydrogen-bond donors (Lipinski definition) is 0. The average molecular weight is 1390 g/mol. The maximum atomic E-state index is 4.93. The number of hydrogen-bond acceptors (Lipinski definition) is 12. The van der Waals surface area contributed by atoms with Crippen LogP contribution in [-0.2, 0) is 65.4 Å². The van der Waals surface area contributed by atoms with E-state index in [-0.39, 0.29) is 83.9 Å². The first kappa shape index (κ1) is 76.6. The number of anilines is 6. The summed E-state index contributed by atoms with van der Waals surface area (Å²) in [5.74, 6) is 4.95. The smallest absolute Gasteiger partial charge is 0.232 e. The molecule has 0 amide bonds. The van der Waals surface area contributed by atoms with Gasteiger partial charge in [0.1, 0.15) is 30.1 Å². The van der Waals surface area contributed by atoms with Gasteiger partial charge in [-0.1, -0.05) is 50.2 Å². The Balaban J connectivity index is 0.000000273. The van der Waals surface area contributed by atoms with Crippen LogP contribution in [0.25, 0.3) is 55.7 Å². The van der Waals surface area contributed by atoms with Crippen molar-refractivity contribution in [2.45, 2.75) is 73.9 Å². The van der Waals surface area contributed by atoms with Crippen molar-refractivity contribution in [3.63, 3.8) is 0 Å². The standard InChI is InChI=1S/C23H20N4.C22H23N7.C19H18N4.6C2H4.2Y/c1-16-15-19(18-9-5-4-6-10-18)13-14-21(16)26-17(2)25(3)27-22-12-8-7-11-20(22)24-23(26)27;1-13-10-11-17(21-24-14(2)23-15(3)25-21)12-20(13)28-16(4)27(5)29-19-9-7-6-8-18(19)26-22(28)29;1-14-9-10-17(16-7-5-4-6-8-16)13-18(14)23-15(2)21(3)22-12-11-20-19(22)23;6*1-2;;/h4-9,11-14,17H,1-3H3;6-12,16H,1-5H3;4-7,9-12,15H,1-3H3;6*1-2H2;;/q-2;;-2;;;;;;;;/t17-;16-;15-;;;;;;;;/m000......../s1. The Labute approximate surface area is 602 Å². The zero-order valence-electron chi connectivity index (χ0n) is 56.0. The zero-order valence-corrected chi connectivity index (χ0v) is 61.7. The number of aromatic nitrogens is 9. The largest absolute Gasteiger partial charge is 0.330 e. The Kier molecular flexibility index (Phi) is 29.5. The van der Waals surface area contributed by atoms with Gasteiger partial charge in [0.15, 0.2) is 5.82 Å². The van der Waals surface area contributed by atoms with Gasteiger partial charge in [0.2, 0.25) is 17.8 Å². The van der Waals surface area contributed by atoms with Gasteiger partial charge in [-0.05, 0) is 88.8 Å². The molecule has 0 saturated carbocycles. The predicted molar refractivity (Wildman–Crippen MR) is 384 cm³/mol. The third kappa shape index (κ3) is 15.8. The molecule has 15 nitrogen and oxygen atoms in total. The van der Waals surface area contributed by atoms with E-state index in [0.29, 0.717) is 5.82 Å². The molecule has 17 heteroatoms. The monoisotopic (exact) mass is 1390 g/mol. The van der Waals surface area contributed by atoms with Crippen LogP contribution >= 0.6 is 0 Å². The summed E-state index contributed by atoms with van der Waals surface area (Å²) in [6.45, 7) is 52.7. The Hall–Kier alpha value is -8.85. The number of benzene rings is 7. The number of aryl methyl sites for hydroxylation is 5. The van der Waals surface area contributed by atoms with Gasteiger partial charge in [0.05, 0.1) is 22.1 Å². The molecule has 3 aliphatic heterocycles. The molecule has 0 saturated heterocycles. The van der Waals surface area contributed by atoms with Crippen molar-refractivity contribution in [3.05, 3.63) is 283 Å². The SMILES string of the molecule is C=C.C=C.C=C.C=C.C=C.C=C.Cc1[c-]c(-c2[c-]cccc2)ccc1N1c2nc3ccccc3n2N(C)[C@@H]1C.Cc1ccc(-c2[c-]cccc2)[c-]c1N1c2nccn2N(C)[C@@H]1C.Cc1nc(C)nc(-c2ccc(C)c(N3c4nc5ccccc5n4N(C)[C@@H]3C)c2)n1.[Y].[Y]. The summed E-state index contributed by atoms with van der Waals surface area (Å²) in [7, 11) is 6.27. The molecule has 0 spiro atoms. The van der Waals surface area contributed by atoms with Crippen molar-refractivity contribution in [2.75, 3.05) is 50.9 Å². The van der Waals surface area contributed by atoms with Crippen LogP contribution in [0.15, 0.2) is 231 Å². The summed E-state index contributed by atoms with van der Waals surface area (Å²) in [5.41, 5.74) is 16.2. The summed E-state index contributed by atoms with van der Waals surface area (Å²) in [5, 5.41) is 6.61. The number of nitrogens with zero attached hydrogens (tertiary/aromatic N) is 15. The minimum absolute atomic E-state index is 0. The van der Waals surface area contributed by atoms with Gasteiger partial charge in [-0.25, -0.2) is 66.2 Å². The molecule has 0 N–H and O–H groups in total. The molecule has 0 unspecified atom stereocenters. The van der Waals surface area contributed by atoms with E-state index in [1.54, 1.807) is 0 Å². The van der Waals surface area contributed by atoms with Gasteiger partial charge < -0.3 is 9.80 Å². The van der Waals surface area contributed by atoms with Gasteiger partial charge in [-0.2, -0.15) is 72.8 Å². The molecule has 11 aromatic rings. The number of imidazole rings is 3. The van der Waals surface area contributed by atoms with Gasteiger partial charge in [0.25, 0.3) is 0 Å². The van der Waals surface area contributed by atoms with Crippen LogP contribution in [0.3, 0.4) is 0 Å². The Morgan fingerprint density at radius 3 is 1.37 bits per heavy atom. The van der Waals surface area contributed by atoms with Crippen LogP contribution in [0.5, 0.6) is 0 Å². The maximum Gasteiger partial charge on any atom is 0.232 e. The summed E-state index contributed by atoms with van der Waals surface area (Å²) < 4.78 is 6.45. The van der Waals surface area contributed by atoms with E-state index < -0.39 is 0 Å². The third-order valence-electron chi connectivity index (χ3n) is 15.3. The fraction of sp³-hybridized carbons (Fsp3) is 0.184. The molecule has 474 valence electrons. The number of fused-ring (bicyclic) bond motifs is 7. The third-order valence-corrected chi connectivity index (χ3v) is 15.3. The second-order valence-electron chi connectivity index (χ2n) is 20.3. The molecule has 3 atom stereocenters. The van der Waals surface area contributed by atoms with Gasteiger partial charge >= 0.3 is 0 Å². The van der Waals surface area contributed by atoms with Crippen molar-refractivity contribution < 1.29 is 65.4 Å². The Bertz CT molecular complexity index is 4130. The summed E-state index contributed by atoms with van der Waals surface area (Å²) in [4.78, 5) is 34.5. The normalized spacial score (nSPS) is 14.1. The molecule has 3 aliphatic rings. The molecule has 0 bridgehead atoms. The Morgan fingerprint density at radius 1 is 0.419 bits per heavy atom. The summed E-state index contributed by atoms with van der Waals surface area (Å²) in [6, 6.07) is 61.1. The minimum Gasteiger partial charge on any atom is -0.330 e. The van der Waals surface area contributed by atoms with Gasteiger partial charge in [-0.3, -0.25) is 19.9 Å². The Morgan fingerprint density at radius 2 is 0.871 bits per heavy atom. The van der Waals surface area contributed by atoms with Crippen molar-refractivity contribution in [1.29, 1.82) is 0 Å². The summed E-state index contributed by atoms with van der Waals surface area (Å²) in [6.07, 6.45) is 4.28. The second kappa shape index (κ2) is 35.8. The van der Waals surface area contributed by atoms with Crippen LogP contribution in [-0.4, -0.2) is 83.6 Å². The molecule has 2 radical (unpaired) electrons. The first-order valence-electron chi connectivity index (χ1n) is 29.6. The molecule has 0 fully saturated rings. The van der Waals surface area contributed by atoms with E-state index in [2.05, 4.69) is 321 Å². The van der Waals surface area contributed by atoms with Gasteiger partial charge in [0, 0.05) is 110 Å². The first-order chi connectivity index (χ1) is 44.2. The van der Waals surface area contributed by atoms with Crippen LogP contribution in [0.1, 0.15) is 49.1 Å². The van der Waals surface area contributed by atoms with Crippen LogP contribution < -0.4 is 29.7 Å². The minimum atomic E-state index is 0. The van der Waals surface area contributed by atoms with Crippen molar-refractivity contribution in [1.82, 2.24) is 43.9 Å². The summed E-state index contributed by atoms with van der Waals surface area (Å²) >= 11 is 0. The van der Waals surface area contributed by atoms with Crippen LogP contribution in [0.2, 0.25) is 0 Å². The first-order valence-corrected chi connectivity index (χ1v) is 29.6. The second-order valence-corrected chi connectivity index (χ2v) is 20.3. The zero-order chi connectivity index (χ0) is 66.8. The van der Waals surface area contributed by atoms with Crippen LogP contribution in [0.4, 0.5) is 34.9 Å². The fourth-order valence-electron chi connectivity index (χ4n) is 10.9. The van der Waals surface area contributed by atoms with E-state index in [4.69, 9.17) is 9.97 Å². The molecular weight excluding hydrogens is 1300 g/mol. The topological polar surface area (TPSA) is 112 Å². The molecule has 0 aliphatic carbocycles. The number of para-hydroxylation sites is 4. The average Bonchev–Trinajstić information content (AvgIpc) is 1.60. The molecule has 93 heavy (non-hydrogen) atoms. The maximum absolute atomic E-state index is 4.93. The van der Waals surface area contributed by atoms with Crippen molar-refractivity contribution in [2.24, 2.45) is 0 Å². The predicted octanol–water partition coefficient (Wildman–Crippen LogP) is 16.9. The van der Waals surface area contributed by atoms with E-state index in [9.17, 15) is 0 Å². The fourth-order valence-corrected chi connectivity index (χ4v) is 10.9. The molecular formula is C76H85N15Y2-4. The quantitative estimate of drug-likeness (QED) is 0.117. The van der Waals surface area contributed by atoms with E-state index in [0.717, 1.165) is 102 Å². The van der Waals surface area contributed by atoms with Crippen molar-refractivity contribution in [3.8, 4) is 33.6 Å². The molecule has 4 aromatic heterocycles. The molecule has 7 heterocycles. The van der Waals surface area contributed by atoms with Crippen molar-refractivity contribution >= 4 is 57.0 Å².